The third kappa shape index (κ3) is 2.72. The van der Waals surface area contributed by atoms with Crippen molar-refractivity contribution in [3.05, 3.63) is 77.9 Å². The van der Waals surface area contributed by atoms with E-state index in [-0.39, 0.29) is 35.5 Å². The van der Waals surface area contributed by atoms with E-state index in [4.69, 9.17) is 4.74 Å². The number of carbonyl (C=O) groups is 2. The Hall–Kier alpha value is -3.21. The van der Waals surface area contributed by atoms with Crippen LogP contribution < -0.4 is 4.74 Å². The van der Waals surface area contributed by atoms with E-state index < -0.39 is 0 Å². The Balaban J connectivity index is 1.13. The summed E-state index contributed by atoms with van der Waals surface area (Å²) in [5.41, 5.74) is 1.93. The zero-order valence-electron chi connectivity index (χ0n) is 16.4. The number of hydrogen-bond donors (Lipinski definition) is 0. The summed E-state index contributed by atoms with van der Waals surface area (Å²) in [7, 11) is 0. The van der Waals surface area contributed by atoms with Gasteiger partial charge in [0.2, 0.25) is 0 Å². The molecule has 2 saturated carbocycles. The zero-order chi connectivity index (χ0) is 20.2. The van der Waals surface area contributed by atoms with Crippen LogP contribution in [0.4, 0.5) is 0 Å². The molecule has 0 unspecified atom stereocenters. The Kier molecular flexibility index (Phi) is 3.91. The normalized spacial score (nSPS) is 33.1. The molecule has 2 amide bonds. The molecule has 1 saturated heterocycles. The fourth-order valence-corrected chi connectivity index (χ4v) is 5.57. The van der Waals surface area contributed by atoms with Crippen LogP contribution in [0, 0.1) is 35.5 Å². The summed E-state index contributed by atoms with van der Waals surface area (Å²) in [6, 6.07) is 17.5. The average molecular weight is 398 g/mol. The number of carbonyl (C=O) groups excluding carboxylic acids is 2. The maximum atomic E-state index is 12.9. The Morgan fingerprint density at radius 1 is 0.900 bits per heavy atom. The second-order valence-corrected chi connectivity index (χ2v) is 8.73. The summed E-state index contributed by atoms with van der Waals surface area (Å²) in [6.07, 6.45) is 7.10. The van der Waals surface area contributed by atoms with Gasteiger partial charge in [0.05, 0.1) is 18.1 Å². The van der Waals surface area contributed by atoms with Crippen molar-refractivity contribution in [2.45, 2.75) is 13.0 Å². The van der Waals surface area contributed by atoms with Crippen LogP contribution in [0.3, 0.4) is 0 Å². The van der Waals surface area contributed by atoms with E-state index in [9.17, 15) is 9.59 Å². The van der Waals surface area contributed by atoms with Gasteiger partial charge in [-0.05, 0) is 65.5 Å². The zero-order valence-corrected chi connectivity index (χ0v) is 16.4. The molecule has 5 heteroatoms. The van der Waals surface area contributed by atoms with E-state index in [1.807, 2.05) is 54.6 Å². The summed E-state index contributed by atoms with van der Waals surface area (Å²) in [5, 5.41) is 5.40. The quantitative estimate of drug-likeness (QED) is 0.439. The molecule has 2 bridgehead atoms. The third-order valence-corrected chi connectivity index (χ3v) is 7.09. The minimum absolute atomic E-state index is 0.131. The van der Waals surface area contributed by atoms with Crippen molar-refractivity contribution in [3.8, 4) is 5.75 Å². The van der Waals surface area contributed by atoms with Crippen molar-refractivity contribution < 1.29 is 14.3 Å². The van der Waals surface area contributed by atoms with Crippen LogP contribution >= 0.6 is 0 Å². The Morgan fingerprint density at radius 2 is 1.53 bits per heavy atom. The molecule has 2 aromatic rings. The smallest absolute Gasteiger partial charge is 0.254 e. The lowest BCUT2D eigenvalue weighted by Gasteiger charge is -2.37. The van der Waals surface area contributed by atoms with E-state index in [0.717, 1.165) is 28.3 Å². The van der Waals surface area contributed by atoms with Crippen molar-refractivity contribution in [1.29, 1.82) is 0 Å². The first kappa shape index (κ1) is 17.6. The third-order valence-electron chi connectivity index (χ3n) is 7.09. The van der Waals surface area contributed by atoms with E-state index in [1.165, 1.54) is 0 Å². The second kappa shape index (κ2) is 6.66. The van der Waals surface area contributed by atoms with Gasteiger partial charge < -0.3 is 4.74 Å². The molecule has 2 aromatic carbocycles. The first-order chi connectivity index (χ1) is 14.7. The summed E-state index contributed by atoms with van der Waals surface area (Å²) < 4.78 is 5.80. The van der Waals surface area contributed by atoms with Gasteiger partial charge >= 0.3 is 0 Å². The summed E-state index contributed by atoms with van der Waals surface area (Å²) in [6.45, 7) is 0.506. The molecule has 0 spiro atoms. The Labute approximate surface area is 175 Å². The van der Waals surface area contributed by atoms with E-state index >= 15 is 0 Å². The van der Waals surface area contributed by atoms with E-state index in [0.29, 0.717) is 18.4 Å². The molecule has 0 radical (unpaired) electrons. The molecule has 1 aliphatic heterocycles. The molecule has 3 fully saturated rings. The Bertz CT molecular complexity index is 1020. The van der Waals surface area contributed by atoms with Gasteiger partial charge in [0, 0.05) is 0 Å². The van der Waals surface area contributed by atoms with Crippen LogP contribution in [0.1, 0.15) is 17.5 Å². The minimum atomic E-state index is -0.206. The van der Waals surface area contributed by atoms with Crippen LogP contribution in [0.25, 0.3) is 0 Å². The van der Waals surface area contributed by atoms with Crippen LogP contribution in [0.15, 0.2) is 71.9 Å². The molecule has 5 aliphatic rings. The highest BCUT2D eigenvalue weighted by atomic mass is 16.5. The van der Waals surface area contributed by atoms with Gasteiger partial charge in [0.25, 0.3) is 11.8 Å². The van der Waals surface area contributed by atoms with Gasteiger partial charge in [-0.3, -0.25) is 9.59 Å². The monoisotopic (exact) mass is 398 g/mol. The predicted octanol–water partition coefficient (Wildman–Crippen LogP) is 3.65. The maximum Gasteiger partial charge on any atom is 0.254 e. The van der Waals surface area contributed by atoms with Crippen molar-refractivity contribution in [2.24, 2.45) is 40.6 Å². The van der Waals surface area contributed by atoms with Crippen molar-refractivity contribution in [1.82, 2.24) is 5.01 Å². The van der Waals surface area contributed by atoms with Gasteiger partial charge in [-0.2, -0.15) is 10.1 Å². The number of hydrogen-bond acceptors (Lipinski definition) is 4. The van der Waals surface area contributed by atoms with Gasteiger partial charge in [-0.1, -0.05) is 42.5 Å². The van der Waals surface area contributed by atoms with Crippen LogP contribution in [0.2, 0.25) is 0 Å². The Morgan fingerprint density at radius 3 is 2.17 bits per heavy atom. The number of allylic oxidation sites excluding steroid dienone is 2. The number of benzene rings is 2. The lowest BCUT2D eigenvalue weighted by molar-refractivity contribution is -0.140. The highest BCUT2D eigenvalue weighted by Crippen LogP contribution is 2.65. The lowest BCUT2D eigenvalue weighted by Crippen LogP contribution is -2.40. The molecule has 1 heterocycles. The molecule has 7 rings (SSSR count). The molecule has 4 aliphatic carbocycles. The topological polar surface area (TPSA) is 59.0 Å². The average Bonchev–Trinajstić information content (AvgIpc) is 3.57. The molecule has 30 heavy (non-hydrogen) atoms. The maximum absolute atomic E-state index is 12.9. The first-order valence-corrected chi connectivity index (χ1v) is 10.6. The molecular weight excluding hydrogens is 376 g/mol. The summed E-state index contributed by atoms with van der Waals surface area (Å²) in [5.74, 6) is 1.74. The van der Waals surface area contributed by atoms with Crippen LogP contribution in [-0.4, -0.2) is 23.0 Å². The molecule has 6 atom stereocenters. The highest BCUT2D eigenvalue weighted by Gasteiger charge is 2.67. The standard InChI is InChI=1S/C25H22N2O3/c28-24-22-18-10-11-19(21-12-20(18)21)23(22)25(29)27(24)26-13-15-6-8-17(9-7-15)30-14-16-4-2-1-3-5-16/h1-11,13,18-23H,12,14H2/b26-13-/t18-,19-,20-,21-,22-,23+/m1/s1. The van der Waals surface area contributed by atoms with Crippen LogP contribution in [0.5, 0.6) is 5.75 Å². The van der Waals surface area contributed by atoms with Crippen molar-refractivity contribution >= 4 is 18.0 Å². The number of ether oxygens (including phenoxy) is 1. The summed E-state index contributed by atoms with van der Waals surface area (Å²) >= 11 is 0. The van der Waals surface area contributed by atoms with Crippen molar-refractivity contribution in [3.63, 3.8) is 0 Å². The largest absolute Gasteiger partial charge is 0.489 e. The van der Waals surface area contributed by atoms with Crippen LogP contribution in [-0.2, 0) is 16.2 Å². The number of amides is 2. The lowest BCUT2D eigenvalue weighted by atomic mass is 9.63. The SMILES string of the molecule is O=C1[C@@H]2[C@@H]3C=C[C@H]([C@H]4C[C@H]34)[C@@H]2C(=O)N1/N=C\c1ccc(OCc2ccccc2)cc1. The number of hydrazone groups is 1. The van der Waals surface area contributed by atoms with E-state index in [1.54, 1.807) is 6.21 Å². The number of imide groups is 1. The van der Waals surface area contributed by atoms with Gasteiger partial charge in [0.1, 0.15) is 12.4 Å². The second-order valence-electron chi connectivity index (χ2n) is 8.73. The molecule has 0 N–H and O–H groups in total. The van der Waals surface area contributed by atoms with E-state index in [2.05, 4.69) is 17.3 Å². The molecular formula is C25H22N2O3. The fourth-order valence-electron chi connectivity index (χ4n) is 5.57. The molecule has 150 valence electrons. The summed E-state index contributed by atoms with van der Waals surface area (Å²) in [4.78, 5) is 25.9. The molecule has 5 nitrogen and oxygen atoms in total. The van der Waals surface area contributed by atoms with Gasteiger partial charge in [-0.15, -0.1) is 0 Å². The highest BCUT2D eigenvalue weighted by molar-refractivity contribution is 6.06. The molecule has 0 aromatic heterocycles. The minimum Gasteiger partial charge on any atom is -0.489 e. The number of rotatable bonds is 5. The predicted molar refractivity (Wildman–Crippen MR) is 111 cm³/mol. The first-order valence-electron chi connectivity index (χ1n) is 10.6. The van der Waals surface area contributed by atoms with Gasteiger partial charge in [0.15, 0.2) is 0 Å². The fraction of sp³-hybridized carbons (Fsp3) is 0.320. The number of nitrogens with zero attached hydrogens (tertiary/aromatic N) is 2. The van der Waals surface area contributed by atoms with Gasteiger partial charge in [-0.25, -0.2) is 0 Å². The van der Waals surface area contributed by atoms with Crippen molar-refractivity contribution in [2.75, 3.05) is 0 Å².